The molecule has 0 aliphatic heterocycles. The van der Waals surface area contributed by atoms with E-state index in [1.54, 1.807) is 31.4 Å². The van der Waals surface area contributed by atoms with E-state index in [0.29, 0.717) is 17.9 Å². The largest absolute Gasteiger partial charge is 0.497 e. The highest BCUT2D eigenvalue weighted by molar-refractivity contribution is 5.73. The molecule has 0 aromatic heterocycles. The van der Waals surface area contributed by atoms with Crippen molar-refractivity contribution in [3.8, 4) is 11.5 Å². The number of benzene rings is 2. The summed E-state index contributed by atoms with van der Waals surface area (Å²) in [4.78, 5) is 11.5. The molecule has 128 valence electrons. The van der Waals surface area contributed by atoms with Gasteiger partial charge in [0.2, 0.25) is 0 Å². The summed E-state index contributed by atoms with van der Waals surface area (Å²) in [6.07, 6.45) is 2.77. The van der Waals surface area contributed by atoms with Crippen LogP contribution in [0.3, 0.4) is 0 Å². The normalized spacial score (nSPS) is 11.8. The minimum Gasteiger partial charge on any atom is -0.497 e. The van der Waals surface area contributed by atoms with Crippen LogP contribution in [0.5, 0.6) is 11.5 Å². The summed E-state index contributed by atoms with van der Waals surface area (Å²) in [5.74, 6) is 0.145. The van der Waals surface area contributed by atoms with Gasteiger partial charge in [0.05, 0.1) is 7.11 Å². The summed E-state index contributed by atoms with van der Waals surface area (Å²) in [7, 11) is 1.56. The molecule has 0 saturated carbocycles. The fraction of sp³-hybridized carbons (Fsp3) is 0.350. The van der Waals surface area contributed by atoms with E-state index in [1.807, 2.05) is 12.1 Å². The van der Waals surface area contributed by atoms with Crippen molar-refractivity contribution in [2.75, 3.05) is 7.11 Å². The summed E-state index contributed by atoms with van der Waals surface area (Å²) in [5.41, 5.74) is 2.23. The Morgan fingerprint density at radius 2 is 1.75 bits per heavy atom. The Hall–Kier alpha value is -2.49. The highest BCUT2D eigenvalue weighted by atomic mass is 16.5. The fourth-order valence-electron chi connectivity index (χ4n) is 2.46. The molecule has 24 heavy (non-hydrogen) atoms. The van der Waals surface area contributed by atoms with E-state index in [0.717, 1.165) is 24.8 Å². The number of methoxy groups -OCH3 is 1. The lowest BCUT2D eigenvalue weighted by Crippen LogP contribution is -2.29. The number of rotatable bonds is 9. The van der Waals surface area contributed by atoms with Crippen molar-refractivity contribution in [3.63, 3.8) is 0 Å². The molecule has 0 saturated heterocycles. The van der Waals surface area contributed by atoms with E-state index in [-0.39, 0.29) is 0 Å². The lowest BCUT2D eigenvalue weighted by molar-refractivity contribution is -0.145. The van der Waals surface area contributed by atoms with Crippen LogP contribution in [0.2, 0.25) is 0 Å². The number of carbonyl (C=O) groups is 1. The average molecular weight is 328 g/mol. The van der Waals surface area contributed by atoms with Gasteiger partial charge in [0.15, 0.2) is 6.10 Å². The Bertz CT molecular complexity index is 649. The number of aliphatic carboxylic acids is 1. The lowest BCUT2D eigenvalue weighted by Gasteiger charge is -2.16. The highest BCUT2D eigenvalue weighted by Gasteiger charge is 2.20. The van der Waals surface area contributed by atoms with E-state index >= 15 is 0 Å². The molecule has 2 aromatic rings. The van der Waals surface area contributed by atoms with Crippen LogP contribution in [-0.4, -0.2) is 24.3 Å². The van der Waals surface area contributed by atoms with Crippen LogP contribution in [0.4, 0.5) is 0 Å². The molecule has 0 spiro atoms. The van der Waals surface area contributed by atoms with Gasteiger partial charge in [-0.05, 0) is 36.1 Å². The van der Waals surface area contributed by atoms with Crippen LogP contribution in [0.25, 0.3) is 0 Å². The number of unbranched alkanes of at least 4 members (excludes halogenated alkanes) is 1. The van der Waals surface area contributed by atoms with Crippen molar-refractivity contribution < 1.29 is 19.4 Å². The molecule has 2 aromatic carbocycles. The van der Waals surface area contributed by atoms with Crippen LogP contribution < -0.4 is 9.47 Å². The Morgan fingerprint density at radius 3 is 2.38 bits per heavy atom. The number of ether oxygens (including phenoxy) is 2. The smallest absolute Gasteiger partial charge is 0.345 e. The summed E-state index contributed by atoms with van der Waals surface area (Å²) in [6.45, 7) is 2.17. The first-order chi connectivity index (χ1) is 11.6. The standard InChI is InChI=1S/C20H24O4/c1-3-4-6-15-9-11-16(12-10-15)13-19(20(21)22)24-18-8-5-7-17(14-18)23-2/h5,7-12,14,19H,3-4,6,13H2,1-2H3,(H,21,22)/t19-/m0/s1. The first-order valence-corrected chi connectivity index (χ1v) is 8.23. The Balaban J connectivity index is 2.03. The SMILES string of the molecule is CCCCc1ccc(C[C@H](Oc2cccc(OC)c2)C(=O)O)cc1. The van der Waals surface area contributed by atoms with E-state index in [1.165, 1.54) is 5.56 Å². The molecule has 4 nitrogen and oxygen atoms in total. The predicted molar refractivity (Wildman–Crippen MR) is 93.8 cm³/mol. The number of carboxylic acids is 1. The number of hydrogen-bond acceptors (Lipinski definition) is 3. The number of aryl methyl sites for hydroxylation is 1. The van der Waals surface area contributed by atoms with Gasteiger partial charge in [-0.25, -0.2) is 4.79 Å². The summed E-state index contributed by atoms with van der Waals surface area (Å²) < 4.78 is 10.8. The maximum absolute atomic E-state index is 11.5. The molecule has 0 unspecified atom stereocenters. The molecular weight excluding hydrogens is 304 g/mol. The zero-order valence-electron chi connectivity index (χ0n) is 14.2. The van der Waals surface area contributed by atoms with Crippen LogP contribution in [0, 0.1) is 0 Å². The second kappa shape index (κ2) is 8.96. The van der Waals surface area contributed by atoms with Gasteiger partial charge in [0, 0.05) is 12.5 Å². The molecule has 0 heterocycles. The molecule has 1 atom stereocenters. The monoisotopic (exact) mass is 328 g/mol. The molecule has 0 radical (unpaired) electrons. The second-order valence-electron chi connectivity index (χ2n) is 5.75. The molecule has 0 fully saturated rings. The molecular formula is C20H24O4. The van der Waals surface area contributed by atoms with E-state index in [9.17, 15) is 9.90 Å². The van der Waals surface area contributed by atoms with Gasteiger partial charge in [-0.15, -0.1) is 0 Å². The van der Waals surface area contributed by atoms with Crippen LogP contribution in [0.15, 0.2) is 48.5 Å². The van der Waals surface area contributed by atoms with Crippen molar-refractivity contribution in [1.82, 2.24) is 0 Å². The quantitative estimate of drug-likeness (QED) is 0.752. The molecule has 0 aliphatic carbocycles. The first kappa shape index (κ1) is 17.9. The Morgan fingerprint density at radius 1 is 1.08 bits per heavy atom. The fourth-order valence-corrected chi connectivity index (χ4v) is 2.46. The topological polar surface area (TPSA) is 55.8 Å². The van der Waals surface area contributed by atoms with Gasteiger partial charge in [-0.3, -0.25) is 0 Å². The van der Waals surface area contributed by atoms with Crippen molar-refractivity contribution in [2.45, 2.75) is 38.7 Å². The zero-order chi connectivity index (χ0) is 17.4. The maximum Gasteiger partial charge on any atom is 0.345 e. The molecule has 0 aliphatic rings. The Labute approximate surface area is 143 Å². The molecule has 0 amide bonds. The molecule has 2 rings (SSSR count). The molecule has 4 heteroatoms. The van der Waals surface area contributed by atoms with Gasteiger partial charge < -0.3 is 14.6 Å². The third-order valence-electron chi connectivity index (χ3n) is 3.86. The maximum atomic E-state index is 11.5. The average Bonchev–Trinajstić information content (AvgIpc) is 2.60. The number of hydrogen-bond donors (Lipinski definition) is 1. The van der Waals surface area contributed by atoms with Crippen molar-refractivity contribution in [1.29, 1.82) is 0 Å². The summed E-state index contributed by atoms with van der Waals surface area (Å²) in [6, 6.07) is 15.1. The Kier molecular flexibility index (Phi) is 6.67. The van der Waals surface area contributed by atoms with Gasteiger partial charge >= 0.3 is 5.97 Å². The molecule has 0 bridgehead atoms. The summed E-state index contributed by atoms with van der Waals surface area (Å²) in [5, 5.41) is 9.44. The third-order valence-corrected chi connectivity index (χ3v) is 3.86. The number of carboxylic acid groups (broad SMARTS) is 1. The van der Waals surface area contributed by atoms with Gasteiger partial charge in [0.1, 0.15) is 11.5 Å². The predicted octanol–water partition coefficient (Wildman–Crippen LogP) is 4.11. The van der Waals surface area contributed by atoms with Gasteiger partial charge in [-0.1, -0.05) is 43.7 Å². The minimum absolute atomic E-state index is 0.320. The zero-order valence-corrected chi connectivity index (χ0v) is 14.2. The van der Waals surface area contributed by atoms with Gasteiger partial charge in [0.25, 0.3) is 0 Å². The van der Waals surface area contributed by atoms with Crippen LogP contribution in [0.1, 0.15) is 30.9 Å². The van der Waals surface area contributed by atoms with Crippen molar-refractivity contribution in [2.24, 2.45) is 0 Å². The third kappa shape index (κ3) is 5.30. The van der Waals surface area contributed by atoms with Crippen LogP contribution >= 0.6 is 0 Å². The lowest BCUT2D eigenvalue weighted by atomic mass is 10.0. The first-order valence-electron chi connectivity index (χ1n) is 8.23. The van der Waals surface area contributed by atoms with Crippen molar-refractivity contribution >= 4 is 5.97 Å². The highest BCUT2D eigenvalue weighted by Crippen LogP contribution is 2.21. The van der Waals surface area contributed by atoms with Gasteiger partial charge in [-0.2, -0.15) is 0 Å². The van der Waals surface area contributed by atoms with E-state index in [2.05, 4.69) is 19.1 Å². The summed E-state index contributed by atoms with van der Waals surface area (Å²) >= 11 is 0. The van der Waals surface area contributed by atoms with E-state index in [4.69, 9.17) is 9.47 Å². The van der Waals surface area contributed by atoms with Crippen molar-refractivity contribution in [3.05, 3.63) is 59.7 Å². The minimum atomic E-state index is -0.979. The van der Waals surface area contributed by atoms with E-state index < -0.39 is 12.1 Å². The molecule has 1 N–H and O–H groups in total. The van der Waals surface area contributed by atoms with Crippen LogP contribution in [-0.2, 0) is 17.6 Å². The second-order valence-corrected chi connectivity index (χ2v) is 5.75.